The van der Waals surface area contributed by atoms with E-state index in [2.05, 4.69) is 18.7 Å². The maximum Gasteiger partial charge on any atom is 0.276 e. The van der Waals surface area contributed by atoms with Gasteiger partial charge in [0.05, 0.1) is 28.5 Å². The summed E-state index contributed by atoms with van der Waals surface area (Å²) in [4.78, 5) is 2.31. The first-order chi connectivity index (χ1) is 8.99. The van der Waals surface area contributed by atoms with Crippen LogP contribution in [0.5, 0.6) is 0 Å². The molecule has 0 amide bonds. The van der Waals surface area contributed by atoms with Crippen LogP contribution in [0.25, 0.3) is 0 Å². The van der Waals surface area contributed by atoms with E-state index in [1.807, 2.05) is 6.92 Å². The highest BCUT2D eigenvalue weighted by molar-refractivity contribution is 7.89. The van der Waals surface area contributed by atoms with Crippen molar-refractivity contribution in [2.24, 2.45) is 5.10 Å². The minimum Gasteiger partial charge on any atom is -0.200 e. The zero-order chi connectivity index (χ0) is 13.9. The van der Waals surface area contributed by atoms with E-state index in [0.29, 0.717) is 11.4 Å². The molecule has 2 rings (SSSR count). The Morgan fingerprint density at radius 3 is 2.47 bits per heavy atom. The molecule has 0 bridgehead atoms. The lowest BCUT2D eigenvalue weighted by molar-refractivity contribution is 0.584. The first kappa shape index (κ1) is 13.6. The van der Waals surface area contributed by atoms with Crippen LogP contribution in [0.2, 0.25) is 0 Å². The summed E-state index contributed by atoms with van der Waals surface area (Å²) in [6.45, 7) is 3.67. The molecular formula is C11H12N4O2S2. The molecule has 0 spiro atoms. The van der Waals surface area contributed by atoms with Gasteiger partial charge in [0.2, 0.25) is 0 Å². The summed E-state index contributed by atoms with van der Waals surface area (Å²) in [5.41, 5.74) is 2.26. The molecule has 100 valence electrons. The molecule has 1 N–H and O–H groups in total. The number of aromatic nitrogens is 2. The lowest BCUT2D eigenvalue weighted by atomic mass is 10.2. The van der Waals surface area contributed by atoms with Gasteiger partial charge in [0.15, 0.2) is 0 Å². The van der Waals surface area contributed by atoms with Gasteiger partial charge in [-0.15, -0.1) is 0 Å². The summed E-state index contributed by atoms with van der Waals surface area (Å²) in [6, 6.07) is 6.52. The van der Waals surface area contributed by atoms with Gasteiger partial charge < -0.3 is 0 Å². The maximum absolute atomic E-state index is 11.9. The molecule has 0 saturated carbocycles. The molecule has 0 saturated heterocycles. The number of hydrogen-bond donors (Lipinski definition) is 1. The van der Waals surface area contributed by atoms with Gasteiger partial charge >= 0.3 is 0 Å². The Kier molecular flexibility index (Phi) is 3.91. The van der Waals surface area contributed by atoms with Gasteiger partial charge in [-0.25, -0.2) is 4.83 Å². The van der Waals surface area contributed by atoms with Crippen LogP contribution in [-0.4, -0.2) is 23.4 Å². The summed E-state index contributed by atoms with van der Waals surface area (Å²) in [6.07, 6.45) is 1.34. The SMILES string of the molecule is Cc1ccc(S(=O)(=O)N/N=C/c2nsnc2C)cc1. The summed E-state index contributed by atoms with van der Waals surface area (Å²) in [5, 5.41) is 3.69. The second-order valence-electron chi connectivity index (χ2n) is 3.90. The van der Waals surface area contributed by atoms with Crippen molar-refractivity contribution >= 4 is 28.0 Å². The number of rotatable bonds is 4. The molecule has 0 aliphatic heterocycles. The summed E-state index contributed by atoms with van der Waals surface area (Å²) in [5.74, 6) is 0. The van der Waals surface area contributed by atoms with Gasteiger partial charge in [-0.3, -0.25) is 0 Å². The fraction of sp³-hybridized carbons (Fsp3) is 0.182. The molecule has 1 aromatic carbocycles. The highest BCUT2D eigenvalue weighted by Crippen LogP contribution is 2.09. The van der Waals surface area contributed by atoms with Crippen LogP contribution in [0, 0.1) is 13.8 Å². The van der Waals surface area contributed by atoms with Crippen LogP contribution in [0.1, 0.15) is 17.0 Å². The number of hydrogen-bond acceptors (Lipinski definition) is 6. The highest BCUT2D eigenvalue weighted by atomic mass is 32.2. The zero-order valence-corrected chi connectivity index (χ0v) is 12.0. The molecule has 0 unspecified atom stereocenters. The largest absolute Gasteiger partial charge is 0.276 e. The fourth-order valence-electron chi connectivity index (χ4n) is 1.28. The number of nitrogens with zero attached hydrogens (tertiary/aromatic N) is 3. The Morgan fingerprint density at radius 1 is 1.21 bits per heavy atom. The number of sulfonamides is 1. The molecule has 1 aromatic heterocycles. The van der Waals surface area contributed by atoms with Crippen LogP contribution < -0.4 is 4.83 Å². The van der Waals surface area contributed by atoms with E-state index in [1.54, 1.807) is 19.1 Å². The monoisotopic (exact) mass is 296 g/mol. The van der Waals surface area contributed by atoms with Crippen LogP contribution in [-0.2, 0) is 10.0 Å². The quantitative estimate of drug-likeness (QED) is 0.684. The van der Waals surface area contributed by atoms with Crippen molar-refractivity contribution in [3.63, 3.8) is 0 Å². The molecule has 0 aliphatic rings. The summed E-state index contributed by atoms with van der Waals surface area (Å²) < 4.78 is 31.7. The number of benzene rings is 1. The van der Waals surface area contributed by atoms with Gasteiger partial charge in [0.25, 0.3) is 10.0 Å². The molecule has 8 heteroatoms. The Balaban J connectivity index is 2.12. The van der Waals surface area contributed by atoms with Crippen molar-refractivity contribution in [1.29, 1.82) is 0 Å². The Hall–Kier alpha value is -1.80. The van der Waals surface area contributed by atoms with Gasteiger partial charge in [-0.1, -0.05) is 17.7 Å². The van der Waals surface area contributed by atoms with E-state index in [4.69, 9.17) is 0 Å². The maximum atomic E-state index is 11.9. The smallest absolute Gasteiger partial charge is 0.200 e. The van der Waals surface area contributed by atoms with Crippen LogP contribution >= 0.6 is 11.7 Å². The van der Waals surface area contributed by atoms with Crippen molar-refractivity contribution in [3.8, 4) is 0 Å². The van der Waals surface area contributed by atoms with Crippen LogP contribution in [0.3, 0.4) is 0 Å². The van der Waals surface area contributed by atoms with E-state index in [1.165, 1.54) is 18.3 Å². The lowest BCUT2D eigenvalue weighted by Crippen LogP contribution is -2.18. The Labute approximate surface area is 115 Å². The van der Waals surface area contributed by atoms with E-state index in [-0.39, 0.29) is 4.90 Å². The lowest BCUT2D eigenvalue weighted by Gasteiger charge is -2.03. The molecule has 0 radical (unpaired) electrons. The van der Waals surface area contributed by atoms with Crippen molar-refractivity contribution in [2.75, 3.05) is 0 Å². The average Bonchev–Trinajstić information content (AvgIpc) is 2.75. The van der Waals surface area contributed by atoms with E-state index in [9.17, 15) is 8.42 Å². The highest BCUT2D eigenvalue weighted by Gasteiger charge is 2.11. The van der Waals surface area contributed by atoms with Crippen molar-refractivity contribution in [2.45, 2.75) is 18.7 Å². The fourth-order valence-corrected chi connectivity index (χ4v) is 2.60. The summed E-state index contributed by atoms with van der Waals surface area (Å²) in [7, 11) is -3.64. The van der Waals surface area contributed by atoms with Crippen molar-refractivity contribution in [1.82, 2.24) is 13.6 Å². The molecular weight excluding hydrogens is 284 g/mol. The minimum atomic E-state index is -3.64. The van der Waals surface area contributed by atoms with Gasteiger partial charge in [-0.05, 0) is 26.0 Å². The second-order valence-corrected chi connectivity index (χ2v) is 6.09. The van der Waals surface area contributed by atoms with Gasteiger partial charge in [-0.2, -0.15) is 22.3 Å². The van der Waals surface area contributed by atoms with E-state index >= 15 is 0 Å². The predicted molar refractivity (Wildman–Crippen MR) is 73.7 cm³/mol. The minimum absolute atomic E-state index is 0.170. The molecule has 0 aliphatic carbocycles. The van der Waals surface area contributed by atoms with Crippen molar-refractivity contribution in [3.05, 3.63) is 41.2 Å². The van der Waals surface area contributed by atoms with Crippen LogP contribution in [0.4, 0.5) is 0 Å². The molecule has 6 nitrogen and oxygen atoms in total. The van der Waals surface area contributed by atoms with Gasteiger partial charge in [0, 0.05) is 0 Å². The van der Waals surface area contributed by atoms with E-state index < -0.39 is 10.0 Å². The Morgan fingerprint density at radius 2 is 1.89 bits per heavy atom. The third-order valence-electron chi connectivity index (χ3n) is 2.38. The molecule has 1 heterocycles. The third-order valence-corrected chi connectivity index (χ3v) is 4.25. The normalized spacial score (nSPS) is 11.9. The molecule has 2 aromatic rings. The van der Waals surface area contributed by atoms with Crippen LogP contribution in [0.15, 0.2) is 34.3 Å². The second kappa shape index (κ2) is 5.45. The van der Waals surface area contributed by atoms with E-state index in [0.717, 1.165) is 17.3 Å². The average molecular weight is 296 g/mol. The first-order valence-electron chi connectivity index (χ1n) is 5.40. The number of aryl methyl sites for hydroxylation is 2. The summed E-state index contributed by atoms with van der Waals surface area (Å²) >= 11 is 1.05. The molecule has 0 fully saturated rings. The first-order valence-corrected chi connectivity index (χ1v) is 7.61. The predicted octanol–water partition coefficient (Wildman–Crippen LogP) is 1.47. The molecule has 0 atom stereocenters. The number of hydrazone groups is 1. The number of nitrogens with one attached hydrogen (secondary N) is 1. The third kappa shape index (κ3) is 3.36. The Bertz CT molecular complexity index is 690. The topological polar surface area (TPSA) is 84.3 Å². The van der Waals surface area contributed by atoms with Crippen molar-refractivity contribution < 1.29 is 8.42 Å². The van der Waals surface area contributed by atoms with Gasteiger partial charge in [0.1, 0.15) is 5.69 Å². The molecule has 19 heavy (non-hydrogen) atoms. The zero-order valence-electron chi connectivity index (χ0n) is 10.4. The standard InChI is InChI=1S/C11H12N4O2S2/c1-8-3-5-10(6-4-8)19(16,17)15-12-7-11-9(2)13-18-14-11/h3-7,15H,1-2H3/b12-7+.